The van der Waals surface area contributed by atoms with Crippen molar-refractivity contribution in [3.05, 3.63) is 0 Å². The van der Waals surface area contributed by atoms with Crippen molar-refractivity contribution in [1.82, 2.24) is 0 Å². The van der Waals surface area contributed by atoms with E-state index in [4.69, 9.17) is 0 Å². The molecule has 18 heavy (non-hydrogen) atoms. The summed E-state index contributed by atoms with van der Waals surface area (Å²) in [5.74, 6) is 2.12. The molecule has 0 radical (unpaired) electrons. The van der Waals surface area contributed by atoms with Crippen LogP contribution in [0.1, 0.15) is 79.1 Å². The van der Waals surface area contributed by atoms with Crippen molar-refractivity contribution in [2.75, 3.05) is 0 Å². The average Bonchev–Trinajstić information content (AvgIpc) is 3.14. The number of hydrogen-bond donors (Lipinski definition) is 0. The summed E-state index contributed by atoms with van der Waals surface area (Å²) in [5.41, 5.74) is 2.84. The van der Waals surface area contributed by atoms with Gasteiger partial charge in [-0.2, -0.15) is 0 Å². The molecule has 6 unspecified atom stereocenters. The summed E-state index contributed by atoms with van der Waals surface area (Å²) >= 11 is 0. The van der Waals surface area contributed by atoms with E-state index in [1.54, 1.807) is 12.8 Å². The minimum atomic E-state index is 0.669. The first kappa shape index (κ1) is 11.8. The first-order valence-corrected chi connectivity index (χ1v) is 8.34. The van der Waals surface area contributed by atoms with E-state index in [2.05, 4.69) is 27.7 Å². The van der Waals surface area contributed by atoms with Crippen LogP contribution < -0.4 is 0 Å². The van der Waals surface area contributed by atoms with Gasteiger partial charge in [-0.1, -0.05) is 40.5 Å². The Hall–Kier alpha value is 0. The second-order valence-electron chi connectivity index (χ2n) is 9.36. The van der Waals surface area contributed by atoms with Gasteiger partial charge < -0.3 is 0 Å². The van der Waals surface area contributed by atoms with Crippen molar-refractivity contribution < 1.29 is 0 Å². The van der Waals surface area contributed by atoms with Gasteiger partial charge in [-0.3, -0.25) is 0 Å². The number of fused-ring (bicyclic) bond motifs is 2. The zero-order valence-corrected chi connectivity index (χ0v) is 12.8. The molecule has 0 aromatic carbocycles. The Morgan fingerprint density at radius 1 is 0.611 bits per heavy atom. The van der Waals surface area contributed by atoms with Gasteiger partial charge in [0.15, 0.2) is 0 Å². The van der Waals surface area contributed by atoms with Gasteiger partial charge in [0.25, 0.3) is 0 Å². The number of hydrogen-bond acceptors (Lipinski definition) is 0. The van der Waals surface area contributed by atoms with Crippen molar-refractivity contribution in [2.24, 2.45) is 33.5 Å². The molecule has 102 valence electrons. The van der Waals surface area contributed by atoms with E-state index in [9.17, 15) is 0 Å². The number of rotatable bonds is 1. The highest BCUT2D eigenvalue weighted by atomic mass is 14.8. The fourth-order valence-corrected chi connectivity index (χ4v) is 6.79. The molecule has 4 aliphatic rings. The maximum atomic E-state index is 2.69. The Bertz CT molecular complexity index is 361. The molecule has 0 heteroatoms. The fourth-order valence-electron chi connectivity index (χ4n) is 6.79. The fraction of sp³-hybridized carbons (Fsp3) is 1.00. The second-order valence-corrected chi connectivity index (χ2v) is 9.36. The first-order valence-electron chi connectivity index (χ1n) is 8.34. The van der Waals surface area contributed by atoms with Gasteiger partial charge in [0.2, 0.25) is 0 Å². The van der Waals surface area contributed by atoms with Crippen LogP contribution in [0.5, 0.6) is 0 Å². The van der Waals surface area contributed by atoms with Gasteiger partial charge >= 0.3 is 0 Å². The molecule has 6 atom stereocenters. The van der Waals surface area contributed by atoms with Crippen LogP contribution in [0.2, 0.25) is 0 Å². The molecule has 0 aromatic heterocycles. The third-order valence-corrected chi connectivity index (χ3v) is 8.43. The maximum absolute atomic E-state index is 2.69. The normalized spacial score (nSPS) is 66.0. The summed E-state index contributed by atoms with van der Waals surface area (Å²) in [7, 11) is 0. The molecular formula is C18H30. The highest BCUT2D eigenvalue weighted by molar-refractivity contribution is 5.21. The van der Waals surface area contributed by atoms with Crippen molar-refractivity contribution in [2.45, 2.75) is 79.1 Å². The lowest BCUT2D eigenvalue weighted by Gasteiger charge is -2.54. The van der Waals surface area contributed by atoms with Gasteiger partial charge in [0.1, 0.15) is 0 Å². The van der Waals surface area contributed by atoms with Crippen LogP contribution in [0.3, 0.4) is 0 Å². The molecule has 4 rings (SSSR count). The summed E-state index contributed by atoms with van der Waals surface area (Å²) in [6.07, 6.45) is 12.2. The third kappa shape index (κ3) is 1.19. The van der Waals surface area contributed by atoms with Crippen molar-refractivity contribution >= 4 is 0 Å². The molecule has 0 aromatic rings. The van der Waals surface area contributed by atoms with E-state index < -0.39 is 0 Å². The van der Waals surface area contributed by atoms with Crippen LogP contribution in [0.4, 0.5) is 0 Å². The van der Waals surface area contributed by atoms with E-state index in [1.807, 2.05) is 0 Å². The van der Waals surface area contributed by atoms with Crippen LogP contribution in [0.25, 0.3) is 0 Å². The molecule has 4 saturated carbocycles. The molecule has 4 aliphatic carbocycles. The summed E-state index contributed by atoms with van der Waals surface area (Å²) in [4.78, 5) is 0. The Balaban J connectivity index is 1.69. The Labute approximate surface area is 113 Å². The van der Waals surface area contributed by atoms with E-state index in [-0.39, 0.29) is 0 Å². The van der Waals surface area contributed by atoms with Crippen LogP contribution in [-0.2, 0) is 0 Å². The standard InChI is InChI=1S/C18H30/c1-15-7-5-9-17(3,13(15)11-15)18(4)10-6-8-16(2)12-14(16)18/h13-14H,5-12H2,1-4H3. The minimum absolute atomic E-state index is 0.669. The van der Waals surface area contributed by atoms with Crippen LogP contribution >= 0.6 is 0 Å². The summed E-state index contributed by atoms with van der Waals surface area (Å²) in [5, 5.41) is 0. The van der Waals surface area contributed by atoms with E-state index >= 15 is 0 Å². The van der Waals surface area contributed by atoms with E-state index in [1.165, 1.54) is 38.5 Å². The Morgan fingerprint density at radius 3 is 1.39 bits per heavy atom. The summed E-state index contributed by atoms with van der Waals surface area (Å²) in [6.45, 7) is 10.5. The highest BCUT2D eigenvalue weighted by Crippen LogP contribution is 2.80. The Kier molecular flexibility index (Phi) is 1.98. The van der Waals surface area contributed by atoms with Crippen molar-refractivity contribution in [3.63, 3.8) is 0 Å². The zero-order valence-electron chi connectivity index (χ0n) is 12.8. The molecule has 0 amide bonds. The molecule has 4 fully saturated rings. The van der Waals surface area contributed by atoms with Crippen LogP contribution in [-0.4, -0.2) is 0 Å². The molecule has 0 bridgehead atoms. The molecular weight excluding hydrogens is 216 g/mol. The smallest absolute Gasteiger partial charge is 0.0235 e. The van der Waals surface area contributed by atoms with Crippen LogP contribution in [0, 0.1) is 33.5 Å². The molecule has 0 N–H and O–H groups in total. The largest absolute Gasteiger partial charge is 0.0593 e. The molecule has 0 heterocycles. The van der Waals surface area contributed by atoms with Gasteiger partial charge in [0.05, 0.1) is 0 Å². The average molecular weight is 246 g/mol. The predicted octanol–water partition coefficient (Wildman–Crippen LogP) is 5.42. The molecule has 0 aliphatic heterocycles. The monoisotopic (exact) mass is 246 g/mol. The van der Waals surface area contributed by atoms with Gasteiger partial charge in [0, 0.05) is 0 Å². The SMILES string of the molecule is CC12CCCC(C)(C3(C)CCCC4(C)CC43)C1C2. The van der Waals surface area contributed by atoms with E-state index in [0.717, 1.165) is 22.7 Å². The van der Waals surface area contributed by atoms with Gasteiger partial charge in [-0.25, -0.2) is 0 Å². The lowest BCUT2D eigenvalue weighted by Crippen LogP contribution is -2.46. The Morgan fingerprint density at radius 2 is 1.00 bits per heavy atom. The molecule has 0 nitrogen and oxygen atoms in total. The summed E-state index contributed by atoms with van der Waals surface area (Å²) in [6, 6.07) is 0. The van der Waals surface area contributed by atoms with Gasteiger partial charge in [-0.05, 0) is 72.0 Å². The topological polar surface area (TPSA) is 0 Å². The predicted molar refractivity (Wildman–Crippen MR) is 76.3 cm³/mol. The van der Waals surface area contributed by atoms with E-state index in [0.29, 0.717) is 10.8 Å². The maximum Gasteiger partial charge on any atom is -0.0235 e. The highest BCUT2D eigenvalue weighted by Gasteiger charge is 2.72. The van der Waals surface area contributed by atoms with Crippen molar-refractivity contribution in [1.29, 1.82) is 0 Å². The first-order chi connectivity index (χ1) is 8.34. The second kappa shape index (κ2) is 3.01. The lowest BCUT2D eigenvalue weighted by atomic mass is 9.51. The summed E-state index contributed by atoms with van der Waals surface area (Å²) < 4.78 is 0. The minimum Gasteiger partial charge on any atom is -0.0593 e. The van der Waals surface area contributed by atoms with Crippen LogP contribution in [0.15, 0.2) is 0 Å². The zero-order chi connectivity index (χ0) is 12.8. The quantitative estimate of drug-likeness (QED) is 0.579. The van der Waals surface area contributed by atoms with Crippen molar-refractivity contribution in [3.8, 4) is 0 Å². The molecule has 0 saturated heterocycles. The molecule has 0 spiro atoms. The lowest BCUT2D eigenvalue weighted by molar-refractivity contribution is -0.0494. The van der Waals surface area contributed by atoms with Gasteiger partial charge in [-0.15, -0.1) is 0 Å². The third-order valence-electron chi connectivity index (χ3n) is 8.43.